The highest BCUT2D eigenvalue weighted by Gasteiger charge is 2.36. The van der Waals surface area contributed by atoms with Crippen molar-refractivity contribution >= 4 is 17.2 Å². The first-order valence-corrected chi connectivity index (χ1v) is 10.3. The lowest BCUT2D eigenvalue weighted by atomic mass is 9.93. The molecule has 0 aliphatic carbocycles. The highest BCUT2D eigenvalue weighted by atomic mass is 32.1. The van der Waals surface area contributed by atoms with Crippen molar-refractivity contribution in [2.75, 3.05) is 13.2 Å². The summed E-state index contributed by atoms with van der Waals surface area (Å²) in [6.07, 6.45) is 2.29. The van der Waals surface area contributed by atoms with E-state index in [1.54, 1.807) is 18.2 Å². The van der Waals surface area contributed by atoms with Crippen molar-refractivity contribution in [2.24, 2.45) is 0 Å². The Balaban J connectivity index is 1.40. The van der Waals surface area contributed by atoms with Gasteiger partial charge in [0.05, 0.1) is 12.8 Å². The van der Waals surface area contributed by atoms with Crippen LogP contribution in [0, 0.1) is 0 Å². The molecule has 3 aromatic rings. The summed E-state index contributed by atoms with van der Waals surface area (Å²) < 4.78 is 17.1. The summed E-state index contributed by atoms with van der Waals surface area (Å²) in [6, 6.07) is 10.9. The van der Waals surface area contributed by atoms with E-state index in [0.717, 1.165) is 12.0 Å². The number of ether oxygens (including phenoxy) is 2. The molecular weight excluding hydrogens is 390 g/mol. The van der Waals surface area contributed by atoms with Gasteiger partial charge in [0.25, 0.3) is 5.91 Å². The fourth-order valence-corrected chi connectivity index (χ4v) is 4.19. The molecule has 0 radical (unpaired) electrons. The Labute approximate surface area is 173 Å². The van der Waals surface area contributed by atoms with Crippen LogP contribution in [0.1, 0.15) is 30.7 Å². The summed E-state index contributed by atoms with van der Waals surface area (Å²) in [5.41, 5.74) is -0.00235. The van der Waals surface area contributed by atoms with Crippen LogP contribution in [0.15, 0.2) is 57.8 Å². The van der Waals surface area contributed by atoms with E-state index in [1.807, 2.05) is 42.8 Å². The fourth-order valence-electron chi connectivity index (χ4n) is 3.47. The lowest BCUT2D eigenvalue weighted by molar-refractivity contribution is -0.124. The van der Waals surface area contributed by atoms with Crippen LogP contribution in [0.4, 0.5) is 0 Å². The van der Waals surface area contributed by atoms with E-state index < -0.39 is 5.60 Å². The van der Waals surface area contributed by atoms with Crippen molar-refractivity contribution < 1.29 is 23.8 Å². The lowest BCUT2D eigenvalue weighted by Crippen LogP contribution is -2.42. The molecule has 7 heteroatoms. The first-order chi connectivity index (χ1) is 13.9. The standard InChI is InChI=1S/C22H23NO5S/c1-21(2)11-15-5-3-6-17(20(15)28-21)27-12-19(24)23-14-22(25,16-8-10-29-13-16)18-7-4-9-26-18/h3-10,13,25H,11-12,14H2,1-2H3,(H,23,24)/t22-/m0/s1. The maximum Gasteiger partial charge on any atom is 0.258 e. The van der Waals surface area contributed by atoms with Gasteiger partial charge >= 0.3 is 0 Å². The number of nitrogens with one attached hydrogen (secondary N) is 1. The normalized spacial score (nSPS) is 16.5. The third kappa shape index (κ3) is 4.02. The summed E-state index contributed by atoms with van der Waals surface area (Å²) >= 11 is 1.46. The van der Waals surface area contributed by atoms with Crippen LogP contribution in [0.5, 0.6) is 11.5 Å². The zero-order chi connectivity index (χ0) is 20.5. The third-order valence-corrected chi connectivity index (χ3v) is 5.57. The SMILES string of the molecule is CC1(C)Cc2cccc(OCC(=O)NC[C@](O)(c3ccsc3)c3ccco3)c2O1. The molecule has 0 spiro atoms. The van der Waals surface area contributed by atoms with Gasteiger partial charge in [-0.05, 0) is 48.9 Å². The van der Waals surface area contributed by atoms with Crippen LogP contribution in [0.25, 0.3) is 0 Å². The summed E-state index contributed by atoms with van der Waals surface area (Å²) in [7, 11) is 0. The molecule has 3 heterocycles. The van der Waals surface area contributed by atoms with E-state index in [0.29, 0.717) is 22.8 Å². The number of hydrogen-bond donors (Lipinski definition) is 2. The molecule has 0 fully saturated rings. The predicted octanol–water partition coefficient (Wildman–Crippen LogP) is 3.49. The van der Waals surface area contributed by atoms with E-state index in [1.165, 1.54) is 17.6 Å². The Morgan fingerprint density at radius 2 is 2.17 bits per heavy atom. The molecule has 0 unspecified atom stereocenters. The molecule has 6 nitrogen and oxygen atoms in total. The molecule has 0 bridgehead atoms. The van der Waals surface area contributed by atoms with Crippen molar-refractivity contribution in [3.8, 4) is 11.5 Å². The molecule has 2 aromatic heterocycles. The monoisotopic (exact) mass is 413 g/mol. The molecule has 1 aromatic carbocycles. The summed E-state index contributed by atoms with van der Waals surface area (Å²) in [5.74, 6) is 1.26. The van der Waals surface area contributed by atoms with Gasteiger partial charge < -0.3 is 24.3 Å². The minimum Gasteiger partial charge on any atom is -0.483 e. The summed E-state index contributed by atoms with van der Waals surface area (Å²) in [4.78, 5) is 12.4. The number of fused-ring (bicyclic) bond motifs is 1. The van der Waals surface area contributed by atoms with Gasteiger partial charge in [0, 0.05) is 17.5 Å². The Hall–Kier alpha value is -2.77. The maximum atomic E-state index is 12.4. The second kappa shape index (κ2) is 7.57. The number of hydrogen-bond acceptors (Lipinski definition) is 6. The predicted molar refractivity (Wildman–Crippen MR) is 109 cm³/mol. The zero-order valence-electron chi connectivity index (χ0n) is 16.3. The van der Waals surface area contributed by atoms with Gasteiger partial charge in [0.15, 0.2) is 23.7 Å². The third-order valence-electron chi connectivity index (χ3n) is 4.88. The molecule has 1 amide bonds. The highest BCUT2D eigenvalue weighted by Crippen LogP contribution is 2.41. The van der Waals surface area contributed by atoms with Crippen LogP contribution in [0.2, 0.25) is 0 Å². The number of aliphatic hydroxyl groups is 1. The highest BCUT2D eigenvalue weighted by molar-refractivity contribution is 7.08. The minimum absolute atomic E-state index is 0.0319. The second-order valence-corrected chi connectivity index (χ2v) is 8.48. The van der Waals surface area contributed by atoms with Gasteiger partial charge in [0.1, 0.15) is 11.4 Å². The van der Waals surface area contributed by atoms with E-state index in [9.17, 15) is 9.90 Å². The molecule has 4 rings (SSSR count). The van der Waals surface area contributed by atoms with Gasteiger partial charge in [-0.2, -0.15) is 11.3 Å². The molecule has 2 N–H and O–H groups in total. The van der Waals surface area contributed by atoms with Crippen molar-refractivity contribution in [1.82, 2.24) is 5.32 Å². The van der Waals surface area contributed by atoms with Crippen molar-refractivity contribution in [2.45, 2.75) is 31.5 Å². The number of rotatable bonds is 7. The van der Waals surface area contributed by atoms with Gasteiger partial charge in [-0.1, -0.05) is 12.1 Å². The second-order valence-electron chi connectivity index (χ2n) is 7.70. The Bertz CT molecular complexity index is 945. The van der Waals surface area contributed by atoms with E-state index in [2.05, 4.69) is 5.32 Å². The number of carbonyl (C=O) groups excluding carboxylic acids is 1. The van der Waals surface area contributed by atoms with Crippen molar-refractivity contribution in [3.63, 3.8) is 0 Å². The Kier molecular flexibility index (Phi) is 5.10. The summed E-state index contributed by atoms with van der Waals surface area (Å²) in [5, 5.41) is 17.6. The van der Waals surface area contributed by atoms with Crippen molar-refractivity contribution in [1.29, 1.82) is 0 Å². The number of amides is 1. The van der Waals surface area contributed by atoms with Crippen LogP contribution < -0.4 is 14.8 Å². The Morgan fingerprint density at radius 1 is 1.31 bits per heavy atom. The van der Waals surface area contributed by atoms with E-state index >= 15 is 0 Å². The number of benzene rings is 1. The maximum absolute atomic E-state index is 12.4. The molecular formula is C22H23NO5S. The van der Waals surface area contributed by atoms with Crippen LogP contribution in [-0.4, -0.2) is 29.8 Å². The molecule has 1 aliphatic rings. The number of furan rings is 1. The van der Waals surface area contributed by atoms with Gasteiger partial charge in [-0.3, -0.25) is 4.79 Å². The van der Waals surface area contributed by atoms with Crippen LogP contribution in [0.3, 0.4) is 0 Å². The van der Waals surface area contributed by atoms with E-state index in [4.69, 9.17) is 13.9 Å². The average Bonchev–Trinajstić information content (AvgIpc) is 3.44. The van der Waals surface area contributed by atoms with Gasteiger partial charge in [-0.15, -0.1) is 0 Å². The Morgan fingerprint density at radius 3 is 2.90 bits per heavy atom. The first kappa shape index (κ1) is 19.5. The average molecular weight is 413 g/mol. The first-order valence-electron chi connectivity index (χ1n) is 9.37. The van der Waals surface area contributed by atoms with Gasteiger partial charge in [-0.25, -0.2) is 0 Å². The molecule has 1 atom stereocenters. The molecule has 0 saturated heterocycles. The number of thiophene rings is 1. The lowest BCUT2D eigenvalue weighted by Gasteiger charge is -2.25. The smallest absolute Gasteiger partial charge is 0.258 e. The van der Waals surface area contributed by atoms with E-state index in [-0.39, 0.29) is 24.7 Å². The quantitative estimate of drug-likeness (QED) is 0.620. The fraction of sp³-hybridized carbons (Fsp3) is 0.318. The summed E-state index contributed by atoms with van der Waals surface area (Å²) in [6.45, 7) is 3.82. The van der Waals surface area contributed by atoms with Crippen LogP contribution in [-0.2, 0) is 16.8 Å². The molecule has 152 valence electrons. The van der Waals surface area contributed by atoms with Crippen molar-refractivity contribution in [3.05, 3.63) is 70.3 Å². The zero-order valence-corrected chi connectivity index (χ0v) is 17.1. The number of para-hydroxylation sites is 1. The number of carbonyl (C=O) groups is 1. The van der Waals surface area contributed by atoms with Gasteiger partial charge in [0.2, 0.25) is 0 Å². The molecule has 1 aliphatic heterocycles. The topological polar surface area (TPSA) is 80.9 Å². The molecule has 29 heavy (non-hydrogen) atoms. The van der Waals surface area contributed by atoms with Crippen LogP contribution >= 0.6 is 11.3 Å². The minimum atomic E-state index is -1.44. The molecule has 0 saturated carbocycles. The largest absolute Gasteiger partial charge is 0.483 e.